The topological polar surface area (TPSA) is 47.0 Å². The Hall–Kier alpha value is -2.17. The zero-order valence-corrected chi connectivity index (χ0v) is 12.8. The molecule has 4 nitrogen and oxygen atoms in total. The minimum absolute atomic E-state index is 0.0650. The second-order valence-corrected chi connectivity index (χ2v) is 5.28. The number of nitrogens with zero attached hydrogens (tertiary/aromatic N) is 2. The van der Waals surface area contributed by atoms with Crippen molar-refractivity contribution in [2.75, 3.05) is 5.32 Å². The van der Waals surface area contributed by atoms with Crippen LogP contribution in [-0.4, -0.2) is 16.1 Å². The number of benzene rings is 1. The van der Waals surface area contributed by atoms with Crippen LogP contribution in [0.3, 0.4) is 0 Å². The van der Waals surface area contributed by atoms with Crippen molar-refractivity contribution in [1.29, 1.82) is 0 Å². The number of aryl methyl sites for hydroxylation is 2. The van der Waals surface area contributed by atoms with Crippen LogP contribution in [0.2, 0.25) is 0 Å². The summed E-state index contributed by atoms with van der Waals surface area (Å²) in [6, 6.07) is 5.37. The van der Waals surface area contributed by atoms with Crippen LogP contribution in [0.5, 0.6) is 5.88 Å². The summed E-state index contributed by atoms with van der Waals surface area (Å²) in [7, 11) is 0. The summed E-state index contributed by atoms with van der Waals surface area (Å²) in [5.74, 6) is 0.879. The smallest absolute Gasteiger partial charge is 0.226 e. The van der Waals surface area contributed by atoms with E-state index in [9.17, 15) is 4.39 Å². The maximum absolute atomic E-state index is 13.6. The summed E-state index contributed by atoms with van der Waals surface area (Å²) in [4.78, 5) is 8.42. The summed E-state index contributed by atoms with van der Waals surface area (Å²) in [5.41, 5.74) is 2.28. The molecule has 1 heterocycles. The zero-order valence-electron chi connectivity index (χ0n) is 12.8. The fourth-order valence-electron chi connectivity index (χ4n) is 2.05. The lowest BCUT2D eigenvalue weighted by atomic mass is 10.1. The number of rotatable bonds is 5. The number of hydrogen-bond acceptors (Lipinski definition) is 4. The average Bonchev–Trinajstić information content (AvgIpc) is 2.42. The van der Waals surface area contributed by atoms with E-state index in [1.54, 1.807) is 26.1 Å². The van der Waals surface area contributed by atoms with Gasteiger partial charge in [0.05, 0.1) is 6.10 Å². The largest absolute Gasteiger partial charge is 0.475 e. The van der Waals surface area contributed by atoms with Crippen LogP contribution < -0.4 is 10.1 Å². The van der Waals surface area contributed by atoms with Gasteiger partial charge in [0.2, 0.25) is 11.8 Å². The molecule has 1 aromatic heterocycles. The molecule has 2 aromatic rings. The predicted molar refractivity (Wildman–Crippen MR) is 81.0 cm³/mol. The highest BCUT2D eigenvalue weighted by atomic mass is 19.1. The first kappa shape index (κ1) is 15.2. The van der Waals surface area contributed by atoms with E-state index in [1.165, 1.54) is 0 Å². The van der Waals surface area contributed by atoms with Crippen LogP contribution in [0.15, 0.2) is 24.4 Å². The Labute approximate surface area is 124 Å². The van der Waals surface area contributed by atoms with Crippen molar-refractivity contribution in [3.05, 3.63) is 46.9 Å². The number of nitrogens with one attached hydrogen (secondary N) is 1. The van der Waals surface area contributed by atoms with E-state index in [4.69, 9.17) is 4.74 Å². The molecule has 0 amide bonds. The van der Waals surface area contributed by atoms with Gasteiger partial charge in [0, 0.05) is 18.8 Å². The van der Waals surface area contributed by atoms with Gasteiger partial charge >= 0.3 is 0 Å². The molecule has 0 aliphatic heterocycles. The van der Waals surface area contributed by atoms with Crippen LogP contribution >= 0.6 is 0 Å². The second-order valence-electron chi connectivity index (χ2n) is 5.28. The lowest BCUT2D eigenvalue weighted by Gasteiger charge is -2.11. The van der Waals surface area contributed by atoms with Gasteiger partial charge < -0.3 is 10.1 Å². The van der Waals surface area contributed by atoms with Gasteiger partial charge in [0.15, 0.2) is 0 Å². The highest BCUT2D eigenvalue weighted by molar-refractivity contribution is 5.34. The van der Waals surface area contributed by atoms with Crippen LogP contribution in [0.25, 0.3) is 0 Å². The van der Waals surface area contributed by atoms with Gasteiger partial charge in [-0.3, -0.25) is 0 Å². The molecule has 1 aromatic carbocycles. The molecule has 0 radical (unpaired) electrons. The fourth-order valence-corrected chi connectivity index (χ4v) is 2.05. The number of ether oxygens (including phenoxy) is 1. The van der Waals surface area contributed by atoms with Gasteiger partial charge in [-0.15, -0.1) is 0 Å². The average molecular weight is 289 g/mol. The fraction of sp³-hybridized carbons (Fsp3) is 0.375. The monoisotopic (exact) mass is 289 g/mol. The molecule has 112 valence electrons. The lowest BCUT2D eigenvalue weighted by Crippen LogP contribution is -2.09. The lowest BCUT2D eigenvalue weighted by molar-refractivity contribution is 0.232. The molecule has 5 heteroatoms. The van der Waals surface area contributed by atoms with Crippen molar-refractivity contribution in [3.63, 3.8) is 0 Å². The van der Waals surface area contributed by atoms with Crippen molar-refractivity contribution < 1.29 is 9.13 Å². The van der Waals surface area contributed by atoms with Gasteiger partial charge in [0.25, 0.3) is 0 Å². The summed E-state index contributed by atoms with van der Waals surface area (Å²) in [6.07, 6.45) is 1.71. The Balaban J connectivity index is 2.06. The SMILES string of the molecule is Cc1cc(CNc2nccc(OC(C)C)n2)cc(C)c1F. The van der Waals surface area contributed by atoms with Crippen molar-refractivity contribution in [3.8, 4) is 5.88 Å². The van der Waals surface area contributed by atoms with Crippen LogP contribution in [0.4, 0.5) is 10.3 Å². The van der Waals surface area contributed by atoms with Gasteiger partial charge in [-0.05, 0) is 44.4 Å². The molecule has 0 aliphatic carbocycles. The third kappa shape index (κ3) is 4.15. The van der Waals surface area contributed by atoms with Crippen molar-refractivity contribution in [1.82, 2.24) is 9.97 Å². The first-order valence-electron chi connectivity index (χ1n) is 6.95. The number of hydrogen-bond donors (Lipinski definition) is 1. The third-order valence-corrected chi connectivity index (χ3v) is 2.93. The molecule has 0 atom stereocenters. The first-order chi connectivity index (χ1) is 9.95. The molecular weight excluding hydrogens is 269 g/mol. The molecule has 0 saturated heterocycles. The van der Waals surface area contributed by atoms with E-state index in [1.807, 2.05) is 26.0 Å². The molecule has 0 aliphatic rings. The van der Waals surface area contributed by atoms with E-state index < -0.39 is 0 Å². The first-order valence-corrected chi connectivity index (χ1v) is 6.95. The van der Waals surface area contributed by atoms with E-state index in [0.29, 0.717) is 29.5 Å². The number of aromatic nitrogens is 2. The van der Waals surface area contributed by atoms with Crippen molar-refractivity contribution >= 4 is 5.95 Å². The van der Waals surface area contributed by atoms with Gasteiger partial charge in [-0.25, -0.2) is 9.37 Å². The highest BCUT2D eigenvalue weighted by Crippen LogP contribution is 2.16. The molecule has 0 unspecified atom stereocenters. The standard InChI is InChI=1S/C16H20FN3O/c1-10(2)21-14-5-6-18-16(20-14)19-9-13-7-11(3)15(17)12(4)8-13/h5-8,10H,9H2,1-4H3,(H,18,19,20). The van der Waals surface area contributed by atoms with Crippen LogP contribution in [-0.2, 0) is 6.54 Å². The Morgan fingerprint density at radius 2 is 1.90 bits per heavy atom. The summed E-state index contributed by atoms with van der Waals surface area (Å²) >= 11 is 0. The van der Waals surface area contributed by atoms with Gasteiger partial charge in [-0.1, -0.05) is 12.1 Å². The number of halogens is 1. The van der Waals surface area contributed by atoms with Crippen molar-refractivity contribution in [2.45, 2.75) is 40.3 Å². The van der Waals surface area contributed by atoms with Crippen molar-refractivity contribution in [2.24, 2.45) is 0 Å². The van der Waals surface area contributed by atoms with E-state index in [2.05, 4.69) is 15.3 Å². The molecule has 0 bridgehead atoms. The van der Waals surface area contributed by atoms with Gasteiger partial charge in [0.1, 0.15) is 5.82 Å². The van der Waals surface area contributed by atoms with Crippen LogP contribution in [0, 0.1) is 19.7 Å². The Kier molecular flexibility index (Phi) is 4.73. The molecule has 0 saturated carbocycles. The van der Waals surface area contributed by atoms with Crippen LogP contribution in [0.1, 0.15) is 30.5 Å². The quantitative estimate of drug-likeness (QED) is 0.913. The Bertz CT molecular complexity index is 606. The molecule has 0 spiro atoms. The Morgan fingerprint density at radius 3 is 2.52 bits per heavy atom. The Morgan fingerprint density at radius 1 is 1.24 bits per heavy atom. The minimum atomic E-state index is -0.151. The molecule has 2 rings (SSSR count). The van der Waals surface area contributed by atoms with E-state index in [0.717, 1.165) is 5.56 Å². The van der Waals surface area contributed by atoms with E-state index >= 15 is 0 Å². The summed E-state index contributed by atoms with van der Waals surface area (Å²) < 4.78 is 19.1. The highest BCUT2D eigenvalue weighted by Gasteiger charge is 2.06. The maximum Gasteiger partial charge on any atom is 0.226 e. The molecule has 1 N–H and O–H groups in total. The normalized spacial score (nSPS) is 10.8. The predicted octanol–water partition coefficient (Wildman–Crippen LogP) is 3.63. The molecule has 0 fully saturated rings. The zero-order chi connectivity index (χ0) is 15.4. The third-order valence-electron chi connectivity index (χ3n) is 2.93. The summed E-state index contributed by atoms with van der Waals surface area (Å²) in [6.45, 7) is 7.95. The second kappa shape index (κ2) is 6.52. The van der Waals surface area contributed by atoms with Gasteiger partial charge in [-0.2, -0.15) is 4.98 Å². The minimum Gasteiger partial charge on any atom is -0.475 e. The molecular formula is C16H20FN3O. The maximum atomic E-state index is 13.6. The van der Waals surface area contributed by atoms with E-state index in [-0.39, 0.29) is 11.9 Å². The number of anilines is 1. The molecule has 21 heavy (non-hydrogen) atoms. The summed E-state index contributed by atoms with van der Waals surface area (Å²) in [5, 5.41) is 3.12.